The second kappa shape index (κ2) is 15.5. The van der Waals surface area contributed by atoms with Gasteiger partial charge in [0.05, 0.1) is 16.7 Å². The zero-order valence-corrected chi connectivity index (χ0v) is 31.1. The molecule has 0 amide bonds. The number of rotatable bonds is 10. The number of benzene rings is 8. The molecule has 9 aromatic rings. The minimum Gasteiger partial charge on any atom is -0.355 e. The highest BCUT2D eigenvalue weighted by Gasteiger charge is 2.14. The Morgan fingerprint density at radius 2 is 1.02 bits per heavy atom. The summed E-state index contributed by atoms with van der Waals surface area (Å²) in [5.41, 5.74) is 19.2. The van der Waals surface area contributed by atoms with Crippen LogP contribution in [0.15, 0.2) is 217 Å². The average molecular weight is 721 g/mol. The summed E-state index contributed by atoms with van der Waals surface area (Å²) in [7, 11) is 1.85. The van der Waals surface area contributed by atoms with Gasteiger partial charge in [0.15, 0.2) is 0 Å². The lowest BCUT2D eigenvalue weighted by atomic mass is 9.96. The summed E-state index contributed by atoms with van der Waals surface area (Å²) in [5, 5.41) is 6.02. The summed E-state index contributed by atoms with van der Waals surface area (Å²) >= 11 is 0. The van der Waals surface area contributed by atoms with Crippen LogP contribution in [0, 0.1) is 0 Å². The van der Waals surface area contributed by atoms with Gasteiger partial charge < -0.3 is 10.7 Å². The van der Waals surface area contributed by atoms with Crippen LogP contribution in [0.1, 0.15) is 5.56 Å². The molecule has 4 nitrogen and oxygen atoms in total. The van der Waals surface area contributed by atoms with Crippen molar-refractivity contribution in [3.8, 4) is 44.5 Å². The first kappa shape index (κ1) is 34.3. The van der Waals surface area contributed by atoms with E-state index in [1.165, 1.54) is 27.5 Å². The van der Waals surface area contributed by atoms with Gasteiger partial charge in [-0.05, 0) is 87.5 Å². The molecule has 4 heteroatoms. The van der Waals surface area contributed by atoms with Gasteiger partial charge in [-0.1, -0.05) is 158 Å². The van der Waals surface area contributed by atoms with Crippen LogP contribution in [-0.4, -0.2) is 17.4 Å². The number of para-hydroxylation sites is 2. The van der Waals surface area contributed by atoms with Gasteiger partial charge in [-0.25, -0.2) is 0 Å². The zero-order chi connectivity index (χ0) is 37.7. The standard InChI is InChI=1S/C52H40N4/c1-53-49(44-19-13-18-41(34-44)39-26-24-38(25-27-39)37-14-5-2-6-15-37)32-33-54-56-51-23-12-11-22-46(51)47-30-28-43(36-52(47)56)42-29-31-50(55-45-20-9-4-10-21-45)48(35-42)40-16-7-3-8-17-40/h2-36,54-55H,1H3/b33-32-,53-49+. The molecule has 9 rings (SSSR count). The smallest absolute Gasteiger partial charge is 0.0715 e. The Morgan fingerprint density at radius 1 is 0.464 bits per heavy atom. The van der Waals surface area contributed by atoms with E-state index in [9.17, 15) is 0 Å². The van der Waals surface area contributed by atoms with Crippen LogP contribution >= 0.6 is 0 Å². The maximum Gasteiger partial charge on any atom is 0.0715 e. The van der Waals surface area contributed by atoms with Crippen molar-refractivity contribution in [2.45, 2.75) is 0 Å². The molecule has 0 unspecified atom stereocenters. The molecule has 0 atom stereocenters. The number of hydrogen-bond acceptors (Lipinski definition) is 3. The molecule has 0 saturated heterocycles. The van der Waals surface area contributed by atoms with E-state index < -0.39 is 0 Å². The van der Waals surface area contributed by atoms with Crippen LogP contribution in [0.25, 0.3) is 66.3 Å². The quantitative estimate of drug-likeness (QED) is 0.138. The molecule has 0 radical (unpaired) electrons. The summed E-state index contributed by atoms with van der Waals surface area (Å²) in [6.45, 7) is 0. The molecule has 8 aromatic carbocycles. The first-order valence-corrected chi connectivity index (χ1v) is 18.9. The monoisotopic (exact) mass is 720 g/mol. The Morgan fingerprint density at radius 3 is 1.77 bits per heavy atom. The second-order valence-electron chi connectivity index (χ2n) is 13.8. The van der Waals surface area contributed by atoms with E-state index in [2.05, 4.69) is 208 Å². The van der Waals surface area contributed by atoms with Gasteiger partial charge in [-0.15, -0.1) is 0 Å². The van der Waals surface area contributed by atoms with Crippen LogP contribution in [0.5, 0.6) is 0 Å². The van der Waals surface area contributed by atoms with E-state index >= 15 is 0 Å². The molecule has 0 aliphatic heterocycles. The van der Waals surface area contributed by atoms with Gasteiger partial charge in [0.25, 0.3) is 0 Å². The lowest BCUT2D eigenvalue weighted by molar-refractivity contribution is 1.05. The van der Waals surface area contributed by atoms with Crippen molar-refractivity contribution in [1.29, 1.82) is 0 Å². The number of aliphatic imine (C=N–C) groups is 1. The number of nitrogens with zero attached hydrogens (tertiary/aromatic N) is 2. The molecule has 0 spiro atoms. The molecule has 0 aliphatic rings. The Bertz CT molecular complexity index is 2830. The van der Waals surface area contributed by atoms with Crippen LogP contribution in [-0.2, 0) is 0 Å². The van der Waals surface area contributed by atoms with E-state index in [0.717, 1.165) is 61.5 Å². The number of fused-ring (bicyclic) bond motifs is 3. The third-order valence-electron chi connectivity index (χ3n) is 10.3. The van der Waals surface area contributed by atoms with E-state index in [1.807, 2.05) is 31.5 Å². The van der Waals surface area contributed by atoms with Gasteiger partial charge >= 0.3 is 0 Å². The van der Waals surface area contributed by atoms with Gasteiger partial charge in [-0.2, -0.15) is 0 Å². The van der Waals surface area contributed by atoms with Crippen molar-refractivity contribution in [1.82, 2.24) is 4.68 Å². The summed E-state index contributed by atoms with van der Waals surface area (Å²) in [4.78, 5) is 4.69. The average Bonchev–Trinajstić information content (AvgIpc) is 3.59. The molecule has 1 heterocycles. The first-order valence-electron chi connectivity index (χ1n) is 18.9. The second-order valence-corrected chi connectivity index (χ2v) is 13.8. The van der Waals surface area contributed by atoms with Crippen LogP contribution in [0.2, 0.25) is 0 Å². The van der Waals surface area contributed by atoms with Gasteiger partial charge in [0, 0.05) is 46.5 Å². The first-order chi connectivity index (χ1) is 27.7. The molecular weight excluding hydrogens is 681 g/mol. The van der Waals surface area contributed by atoms with Crippen molar-refractivity contribution in [2.24, 2.45) is 4.99 Å². The lowest BCUT2D eigenvalue weighted by Gasteiger charge is -2.15. The Balaban J connectivity index is 1.02. The van der Waals surface area contributed by atoms with Crippen molar-refractivity contribution < 1.29 is 0 Å². The van der Waals surface area contributed by atoms with E-state index in [4.69, 9.17) is 0 Å². The van der Waals surface area contributed by atoms with E-state index in [0.29, 0.717) is 0 Å². The number of nitrogens with one attached hydrogen (secondary N) is 2. The fourth-order valence-electron chi connectivity index (χ4n) is 7.49. The molecule has 0 fully saturated rings. The molecule has 2 N–H and O–H groups in total. The maximum absolute atomic E-state index is 4.69. The number of hydrogen-bond donors (Lipinski definition) is 2. The van der Waals surface area contributed by atoms with Crippen molar-refractivity contribution in [3.05, 3.63) is 218 Å². The van der Waals surface area contributed by atoms with E-state index in [-0.39, 0.29) is 0 Å². The zero-order valence-electron chi connectivity index (χ0n) is 31.1. The highest BCUT2D eigenvalue weighted by atomic mass is 15.4. The minimum atomic E-state index is 0.888. The predicted molar refractivity (Wildman–Crippen MR) is 238 cm³/mol. The predicted octanol–water partition coefficient (Wildman–Crippen LogP) is 13.4. The topological polar surface area (TPSA) is 41.4 Å². The molecular formula is C52H40N4. The van der Waals surface area contributed by atoms with E-state index in [1.54, 1.807) is 0 Å². The summed E-state index contributed by atoms with van der Waals surface area (Å²) < 4.78 is 2.17. The fraction of sp³-hybridized carbons (Fsp3) is 0.0192. The summed E-state index contributed by atoms with van der Waals surface area (Å²) in [6, 6.07) is 70.7. The molecule has 0 bridgehead atoms. The Kier molecular flexibility index (Phi) is 9.51. The summed E-state index contributed by atoms with van der Waals surface area (Å²) in [6.07, 6.45) is 4.03. The number of aromatic nitrogens is 1. The van der Waals surface area contributed by atoms with Crippen molar-refractivity contribution >= 4 is 38.9 Å². The van der Waals surface area contributed by atoms with Crippen molar-refractivity contribution in [3.63, 3.8) is 0 Å². The number of allylic oxidation sites excluding steroid dienone is 1. The largest absolute Gasteiger partial charge is 0.355 e. The molecule has 0 aliphatic carbocycles. The van der Waals surface area contributed by atoms with Gasteiger partial charge in [0.1, 0.15) is 0 Å². The Labute approximate surface area is 327 Å². The lowest BCUT2D eigenvalue weighted by Crippen LogP contribution is -2.08. The van der Waals surface area contributed by atoms with Crippen LogP contribution in [0.3, 0.4) is 0 Å². The third-order valence-corrected chi connectivity index (χ3v) is 10.3. The van der Waals surface area contributed by atoms with Crippen molar-refractivity contribution in [2.75, 3.05) is 17.8 Å². The molecule has 1 aromatic heterocycles. The van der Waals surface area contributed by atoms with Gasteiger partial charge in [-0.3, -0.25) is 9.67 Å². The fourth-order valence-corrected chi connectivity index (χ4v) is 7.49. The summed E-state index contributed by atoms with van der Waals surface area (Å²) in [5.74, 6) is 0. The molecule has 268 valence electrons. The number of anilines is 2. The van der Waals surface area contributed by atoms with Crippen LogP contribution < -0.4 is 10.7 Å². The maximum atomic E-state index is 4.69. The highest BCUT2D eigenvalue weighted by Crippen LogP contribution is 2.37. The Hall–Kier alpha value is -7.43. The van der Waals surface area contributed by atoms with Crippen LogP contribution in [0.4, 0.5) is 11.4 Å². The minimum absolute atomic E-state index is 0.888. The molecule has 0 saturated carbocycles. The molecule has 56 heavy (non-hydrogen) atoms. The van der Waals surface area contributed by atoms with Gasteiger partial charge in [0.2, 0.25) is 0 Å². The SMILES string of the molecule is C/N=C(\C=C/Nn1c2ccccc2c2ccc(-c3ccc(Nc4ccccc4)c(-c4ccccc4)c3)cc21)c1cccc(-c2ccc(-c3ccccc3)cc2)c1. The normalized spacial score (nSPS) is 11.7. The highest BCUT2D eigenvalue weighted by molar-refractivity contribution is 6.10. The third kappa shape index (κ3) is 7.00.